The number of carbonyl (C=O) groups excluding carboxylic acids is 3. The molecule has 0 saturated carbocycles. The molecule has 1 aliphatic rings. The molecule has 1 saturated heterocycles. The highest BCUT2D eigenvalue weighted by Crippen LogP contribution is 2.27. The van der Waals surface area contributed by atoms with Crippen LogP contribution in [0.5, 0.6) is 0 Å². The van der Waals surface area contributed by atoms with Crippen LogP contribution >= 0.6 is 0 Å². The number of carboxylic acid groups (broad SMARTS) is 1. The molecule has 1 rings (SSSR count). The van der Waals surface area contributed by atoms with Crippen molar-refractivity contribution in [2.45, 2.75) is 391 Å². The van der Waals surface area contributed by atoms with Gasteiger partial charge >= 0.3 is 23.9 Å². The minimum atomic E-state index is -1.90. The number of aliphatic hydroxyl groups is 2. The van der Waals surface area contributed by atoms with Gasteiger partial charge in [0.25, 0.3) is 0 Å². The van der Waals surface area contributed by atoms with Gasteiger partial charge in [0.2, 0.25) is 0 Å². The van der Waals surface area contributed by atoms with Gasteiger partial charge in [-0.25, -0.2) is 4.79 Å². The summed E-state index contributed by atoms with van der Waals surface area (Å²) < 4.78 is 28.7. The number of aliphatic carboxylic acids is 1. The Morgan fingerprint density at radius 3 is 1.09 bits per heavy atom. The molecule has 1 aliphatic heterocycles. The first-order valence-electron chi connectivity index (χ1n) is 36.0. The van der Waals surface area contributed by atoms with Crippen molar-refractivity contribution in [2.75, 3.05) is 13.2 Å². The number of hydrogen-bond donors (Lipinski definition) is 3. The molecule has 0 amide bonds. The quantitative estimate of drug-likeness (QED) is 0.0228. The molecular weight excluding hydrogens is 1070 g/mol. The van der Waals surface area contributed by atoms with Gasteiger partial charge in [0.1, 0.15) is 18.8 Å². The zero-order chi connectivity index (χ0) is 61.7. The molecule has 0 aromatic carbocycles. The summed E-state index contributed by atoms with van der Waals surface area (Å²) in [6.45, 7) is 6.04. The molecule has 12 heteroatoms. The van der Waals surface area contributed by atoms with Gasteiger partial charge in [-0.15, -0.1) is 0 Å². The van der Waals surface area contributed by atoms with E-state index >= 15 is 0 Å². The van der Waals surface area contributed by atoms with Crippen LogP contribution < -0.4 is 0 Å². The van der Waals surface area contributed by atoms with E-state index in [1.54, 1.807) is 0 Å². The minimum absolute atomic E-state index is 0.0621. The average Bonchev–Trinajstić information content (AvgIpc) is 3.51. The molecule has 0 aromatic heterocycles. The smallest absolute Gasteiger partial charge is 0.335 e. The lowest BCUT2D eigenvalue weighted by Gasteiger charge is -2.40. The number of aliphatic hydroxyl groups excluding tert-OH is 2. The molecule has 85 heavy (non-hydrogen) atoms. The van der Waals surface area contributed by atoms with Gasteiger partial charge in [-0.3, -0.25) is 14.4 Å². The lowest BCUT2D eigenvalue weighted by Crippen LogP contribution is -2.61. The molecule has 0 aliphatic carbocycles. The largest absolute Gasteiger partial charge is 0.479 e. The summed E-state index contributed by atoms with van der Waals surface area (Å²) in [7, 11) is 0. The highest BCUT2D eigenvalue weighted by molar-refractivity contribution is 5.74. The third-order valence-electron chi connectivity index (χ3n) is 16.7. The number of esters is 3. The fourth-order valence-electron chi connectivity index (χ4n) is 11.2. The van der Waals surface area contributed by atoms with Crippen molar-refractivity contribution in [1.29, 1.82) is 0 Å². The van der Waals surface area contributed by atoms with E-state index in [4.69, 9.17) is 23.7 Å². The van der Waals surface area contributed by atoms with E-state index in [-0.39, 0.29) is 25.9 Å². The zero-order valence-electron chi connectivity index (χ0n) is 55.1. The van der Waals surface area contributed by atoms with Gasteiger partial charge in [0, 0.05) is 19.3 Å². The summed E-state index contributed by atoms with van der Waals surface area (Å²) in [5.74, 6) is -3.08. The fourth-order valence-corrected chi connectivity index (χ4v) is 11.2. The fraction of sp³-hybridized carbons (Fsp3) is 0.863. The number of carbonyl (C=O) groups is 4. The molecule has 0 bridgehead atoms. The topological polar surface area (TPSA) is 175 Å². The van der Waals surface area contributed by atoms with Crippen molar-refractivity contribution in [3.63, 3.8) is 0 Å². The monoisotopic (exact) mass is 1200 g/mol. The van der Waals surface area contributed by atoms with Crippen molar-refractivity contribution in [3.8, 4) is 0 Å². The minimum Gasteiger partial charge on any atom is -0.479 e. The van der Waals surface area contributed by atoms with E-state index in [9.17, 15) is 34.5 Å². The van der Waals surface area contributed by atoms with E-state index in [1.807, 2.05) is 0 Å². The molecule has 0 radical (unpaired) electrons. The first-order valence-corrected chi connectivity index (χ1v) is 36.0. The number of unbranched alkanes of at least 4 members (excludes halogenated alkanes) is 43. The van der Waals surface area contributed by atoms with E-state index in [2.05, 4.69) is 57.2 Å². The highest BCUT2D eigenvalue weighted by Gasteiger charge is 2.50. The second kappa shape index (κ2) is 61.2. The molecule has 6 atom stereocenters. The molecule has 0 spiro atoms. The summed E-state index contributed by atoms with van der Waals surface area (Å²) >= 11 is 0. The lowest BCUT2D eigenvalue weighted by atomic mass is 9.98. The lowest BCUT2D eigenvalue weighted by molar-refractivity contribution is -0.301. The molecule has 0 aromatic rings. The summed E-state index contributed by atoms with van der Waals surface area (Å²) in [4.78, 5) is 51.5. The Hall–Kier alpha value is -3.06. The van der Waals surface area contributed by atoms with E-state index in [0.29, 0.717) is 19.3 Å². The summed E-state index contributed by atoms with van der Waals surface area (Å²) in [5.41, 5.74) is 0. The highest BCUT2D eigenvalue weighted by atomic mass is 16.7. The van der Waals surface area contributed by atoms with Gasteiger partial charge in [-0.05, 0) is 77.0 Å². The summed E-state index contributed by atoms with van der Waals surface area (Å²) in [6.07, 6.45) is 62.3. The molecule has 1 fully saturated rings. The maximum Gasteiger partial charge on any atom is 0.335 e. The Bertz CT molecular complexity index is 1610. The van der Waals surface area contributed by atoms with Crippen molar-refractivity contribution < 1.29 is 58.2 Å². The van der Waals surface area contributed by atoms with Crippen LogP contribution in [-0.2, 0) is 42.9 Å². The zero-order valence-corrected chi connectivity index (χ0v) is 55.1. The van der Waals surface area contributed by atoms with Gasteiger partial charge < -0.3 is 39.0 Å². The van der Waals surface area contributed by atoms with Gasteiger partial charge in [-0.2, -0.15) is 0 Å². The third kappa shape index (κ3) is 50.5. The third-order valence-corrected chi connectivity index (χ3v) is 16.7. The maximum atomic E-state index is 13.2. The van der Waals surface area contributed by atoms with E-state index < -0.39 is 67.3 Å². The Morgan fingerprint density at radius 2 is 0.706 bits per heavy atom. The number of hydrogen-bond acceptors (Lipinski definition) is 11. The van der Waals surface area contributed by atoms with Crippen LogP contribution in [-0.4, -0.2) is 89.2 Å². The Morgan fingerprint density at radius 1 is 0.388 bits per heavy atom. The van der Waals surface area contributed by atoms with Crippen LogP contribution in [0, 0.1) is 0 Å². The van der Waals surface area contributed by atoms with Crippen LogP contribution in [0.1, 0.15) is 355 Å². The standard InChI is InChI=1S/C73H132O12/c1-4-7-10-13-16-19-22-25-28-31-33-36-38-41-44-47-50-53-56-59-65(74)81-62-64(83-66(75)60-57-54-51-48-45-42-39-35-30-27-24-21-18-15-12-9-6-3)63-82-73-71(69(78)68(77)70(85-73)72(79)80)84-67(76)61-58-55-52-49-46-43-40-37-34-32-29-26-23-20-17-14-11-8-5-2/h16,19,25-26,28-29,64,68-71,73,77-78H,4-15,17-18,20-24,27,30-63H2,1-3H3,(H,79,80)/b19-16-,28-25-,29-26-. The predicted molar refractivity (Wildman–Crippen MR) is 350 cm³/mol. The Labute approximate surface area is 521 Å². The SMILES string of the molecule is CCCCC/C=C\C/C=C\CCCCCCCCCCCC(=O)OCC(COC1OC(C(=O)O)C(O)C(O)C1OC(=O)CCCCCCCCCCC/C=C\CCCCCCCC)OC(=O)CCCCCCCCCCCCCCCCCCC. The van der Waals surface area contributed by atoms with E-state index in [1.165, 1.54) is 212 Å². The van der Waals surface area contributed by atoms with Crippen molar-refractivity contribution in [2.24, 2.45) is 0 Å². The van der Waals surface area contributed by atoms with Crippen LogP contribution in [0.15, 0.2) is 36.5 Å². The van der Waals surface area contributed by atoms with Gasteiger partial charge in [0.05, 0.1) is 6.61 Å². The van der Waals surface area contributed by atoms with Gasteiger partial charge in [-0.1, -0.05) is 295 Å². The molecule has 496 valence electrons. The second-order valence-electron chi connectivity index (χ2n) is 24.9. The molecule has 1 heterocycles. The van der Waals surface area contributed by atoms with Crippen LogP contribution in [0.2, 0.25) is 0 Å². The Balaban J connectivity index is 2.61. The Kier molecular flexibility index (Phi) is 57.6. The molecule has 3 N–H and O–H groups in total. The number of rotatable bonds is 63. The van der Waals surface area contributed by atoms with Crippen molar-refractivity contribution >= 4 is 23.9 Å². The molecule has 6 unspecified atom stereocenters. The molecule has 12 nitrogen and oxygen atoms in total. The van der Waals surface area contributed by atoms with Crippen molar-refractivity contribution in [1.82, 2.24) is 0 Å². The number of ether oxygens (including phenoxy) is 5. The summed E-state index contributed by atoms with van der Waals surface area (Å²) in [5, 5.41) is 31.7. The van der Waals surface area contributed by atoms with Crippen LogP contribution in [0.4, 0.5) is 0 Å². The number of carboxylic acids is 1. The number of allylic oxidation sites excluding steroid dienone is 6. The summed E-state index contributed by atoms with van der Waals surface area (Å²) in [6, 6.07) is 0. The second-order valence-corrected chi connectivity index (χ2v) is 24.9. The van der Waals surface area contributed by atoms with Crippen LogP contribution in [0.3, 0.4) is 0 Å². The van der Waals surface area contributed by atoms with Crippen molar-refractivity contribution in [3.05, 3.63) is 36.5 Å². The molecular formula is C73H132O12. The first-order chi connectivity index (χ1) is 41.6. The maximum absolute atomic E-state index is 13.2. The average molecular weight is 1200 g/mol. The van der Waals surface area contributed by atoms with Crippen LogP contribution in [0.25, 0.3) is 0 Å². The first kappa shape index (κ1) is 80.0. The normalized spacial score (nSPS) is 17.6. The predicted octanol–water partition coefficient (Wildman–Crippen LogP) is 19.9. The van der Waals surface area contributed by atoms with E-state index in [0.717, 1.165) is 83.5 Å². The van der Waals surface area contributed by atoms with Gasteiger partial charge in [0.15, 0.2) is 24.6 Å².